The van der Waals surface area contributed by atoms with Crippen LogP contribution < -0.4 is 5.73 Å². The summed E-state index contributed by atoms with van der Waals surface area (Å²) in [5.74, 6) is 0.801. The summed E-state index contributed by atoms with van der Waals surface area (Å²) < 4.78 is 5.69. The van der Waals surface area contributed by atoms with E-state index in [1.165, 1.54) is 12.8 Å². The Hall–Kier alpha value is -0.610. The molecule has 100 valence electrons. The van der Waals surface area contributed by atoms with Crippen LogP contribution in [0.2, 0.25) is 0 Å². The van der Waals surface area contributed by atoms with Crippen LogP contribution in [-0.4, -0.2) is 43.7 Å². The molecule has 1 rings (SSSR count). The lowest BCUT2D eigenvalue weighted by atomic mass is 9.89. The van der Waals surface area contributed by atoms with E-state index in [0.29, 0.717) is 6.54 Å². The van der Waals surface area contributed by atoms with Gasteiger partial charge in [0.05, 0.1) is 6.10 Å². The zero-order valence-corrected chi connectivity index (χ0v) is 11.2. The number of rotatable bonds is 6. The monoisotopic (exact) mass is 242 g/mol. The largest absolute Gasteiger partial charge is 0.368 e. The lowest BCUT2D eigenvalue weighted by Gasteiger charge is -2.27. The van der Waals surface area contributed by atoms with E-state index in [1.807, 2.05) is 7.05 Å². The van der Waals surface area contributed by atoms with Crippen molar-refractivity contribution in [2.24, 2.45) is 11.7 Å². The van der Waals surface area contributed by atoms with Crippen molar-refractivity contribution in [1.29, 1.82) is 0 Å². The minimum atomic E-state index is 0.0664. The number of carbonyl (C=O) groups is 1. The van der Waals surface area contributed by atoms with Crippen LogP contribution >= 0.6 is 0 Å². The lowest BCUT2D eigenvalue weighted by molar-refractivity contribution is -0.137. The van der Waals surface area contributed by atoms with Gasteiger partial charge in [-0.3, -0.25) is 4.79 Å². The predicted octanol–water partition coefficient (Wildman–Crippen LogP) is 1.39. The molecule has 1 amide bonds. The Bertz CT molecular complexity index is 233. The maximum Gasteiger partial charge on any atom is 0.248 e. The SMILES string of the molecule is CC1CCCC(OCC(=O)N(C)CCCN)C1. The molecule has 1 aliphatic carbocycles. The smallest absolute Gasteiger partial charge is 0.248 e. The summed E-state index contributed by atoms with van der Waals surface area (Å²) in [5.41, 5.74) is 5.41. The predicted molar refractivity (Wildman–Crippen MR) is 68.7 cm³/mol. The van der Waals surface area contributed by atoms with E-state index < -0.39 is 0 Å². The van der Waals surface area contributed by atoms with Crippen LogP contribution in [0.15, 0.2) is 0 Å². The van der Waals surface area contributed by atoms with Crippen molar-refractivity contribution in [1.82, 2.24) is 4.90 Å². The van der Waals surface area contributed by atoms with Crippen LogP contribution in [0.3, 0.4) is 0 Å². The fraction of sp³-hybridized carbons (Fsp3) is 0.923. The van der Waals surface area contributed by atoms with E-state index in [1.54, 1.807) is 4.90 Å². The van der Waals surface area contributed by atoms with Crippen molar-refractivity contribution in [3.8, 4) is 0 Å². The molecule has 2 N–H and O–H groups in total. The Labute approximate surface area is 104 Å². The third-order valence-electron chi connectivity index (χ3n) is 3.45. The van der Waals surface area contributed by atoms with Crippen molar-refractivity contribution in [3.63, 3.8) is 0 Å². The number of carbonyl (C=O) groups excluding carboxylic acids is 1. The molecule has 4 nitrogen and oxygen atoms in total. The summed E-state index contributed by atoms with van der Waals surface area (Å²) in [6.07, 6.45) is 5.85. The van der Waals surface area contributed by atoms with Gasteiger partial charge in [-0.15, -0.1) is 0 Å². The molecule has 1 aliphatic rings. The normalized spacial score (nSPS) is 24.6. The zero-order chi connectivity index (χ0) is 12.7. The molecule has 0 aromatic carbocycles. The summed E-state index contributed by atoms with van der Waals surface area (Å²) in [5, 5.41) is 0. The maximum absolute atomic E-state index is 11.7. The molecule has 2 atom stereocenters. The zero-order valence-electron chi connectivity index (χ0n) is 11.2. The Balaban J connectivity index is 2.18. The number of likely N-dealkylation sites (N-methyl/N-ethyl adjacent to an activating group) is 1. The average molecular weight is 242 g/mol. The Morgan fingerprint density at radius 3 is 2.88 bits per heavy atom. The van der Waals surface area contributed by atoms with Crippen LogP contribution in [0.4, 0.5) is 0 Å². The van der Waals surface area contributed by atoms with Gasteiger partial charge in [0.2, 0.25) is 5.91 Å². The second-order valence-electron chi connectivity index (χ2n) is 5.16. The maximum atomic E-state index is 11.7. The molecule has 0 spiro atoms. The van der Waals surface area contributed by atoms with Gasteiger partial charge in [0.25, 0.3) is 0 Å². The molecular weight excluding hydrogens is 216 g/mol. The van der Waals surface area contributed by atoms with Crippen LogP contribution in [0.5, 0.6) is 0 Å². The highest BCUT2D eigenvalue weighted by Gasteiger charge is 2.20. The number of amides is 1. The summed E-state index contributed by atoms with van der Waals surface area (Å²) in [4.78, 5) is 13.4. The molecule has 1 saturated carbocycles. The van der Waals surface area contributed by atoms with E-state index in [-0.39, 0.29) is 18.6 Å². The lowest BCUT2D eigenvalue weighted by Crippen LogP contribution is -2.34. The molecule has 1 fully saturated rings. The van der Waals surface area contributed by atoms with Gasteiger partial charge in [-0.1, -0.05) is 19.8 Å². The number of hydrogen-bond acceptors (Lipinski definition) is 3. The van der Waals surface area contributed by atoms with E-state index in [4.69, 9.17) is 10.5 Å². The standard InChI is InChI=1S/C13H26N2O2/c1-11-5-3-6-12(9-11)17-10-13(16)15(2)8-4-7-14/h11-12H,3-10,14H2,1-2H3. The van der Waals surface area contributed by atoms with Crippen molar-refractivity contribution in [3.05, 3.63) is 0 Å². The van der Waals surface area contributed by atoms with E-state index in [2.05, 4.69) is 6.92 Å². The van der Waals surface area contributed by atoms with Crippen LogP contribution in [0.25, 0.3) is 0 Å². The summed E-state index contributed by atoms with van der Waals surface area (Å²) >= 11 is 0. The summed E-state index contributed by atoms with van der Waals surface area (Å²) in [6, 6.07) is 0. The van der Waals surface area contributed by atoms with E-state index in [9.17, 15) is 4.79 Å². The van der Waals surface area contributed by atoms with Crippen molar-refractivity contribution >= 4 is 5.91 Å². The number of nitrogens with zero attached hydrogens (tertiary/aromatic N) is 1. The first-order valence-corrected chi connectivity index (χ1v) is 6.69. The topological polar surface area (TPSA) is 55.6 Å². The van der Waals surface area contributed by atoms with Crippen molar-refractivity contribution in [2.75, 3.05) is 26.7 Å². The van der Waals surface area contributed by atoms with Gasteiger partial charge in [-0.25, -0.2) is 0 Å². The Morgan fingerprint density at radius 2 is 2.24 bits per heavy atom. The molecule has 4 heteroatoms. The first-order chi connectivity index (χ1) is 8.13. The molecule has 0 aromatic rings. The van der Waals surface area contributed by atoms with Gasteiger partial charge in [-0.05, 0) is 31.7 Å². The fourth-order valence-corrected chi connectivity index (χ4v) is 2.28. The Morgan fingerprint density at radius 1 is 1.47 bits per heavy atom. The molecule has 0 radical (unpaired) electrons. The van der Waals surface area contributed by atoms with Gasteiger partial charge >= 0.3 is 0 Å². The third kappa shape index (κ3) is 5.50. The number of hydrogen-bond donors (Lipinski definition) is 1. The minimum Gasteiger partial charge on any atom is -0.368 e. The molecule has 2 unspecified atom stereocenters. The molecular formula is C13H26N2O2. The second kappa shape index (κ2) is 7.67. The highest BCUT2D eigenvalue weighted by molar-refractivity contribution is 5.77. The van der Waals surface area contributed by atoms with E-state index in [0.717, 1.165) is 31.7 Å². The van der Waals surface area contributed by atoms with Crippen molar-refractivity contribution in [2.45, 2.75) is 45.1 Å². The first kappa shape index (κ1) is 14.5. The van der Waals surface area contributed by atoms with Crippen LogP contribution in [0.1, 0.15) is 39.0 Å². The third-order valence-corrected chi connectivity index (χ3v) is 3.45. The number of nitrogens with two attached hydrogens (primary N) is 1. The van der Waals surface area contributed by atoms with Gasteiger partial charge < -0.3 is 15.4 Å². The van der Waals surface area contributed by atoms with Gasteiger partial charge in [-0.2, -0.15) is 0 Å². The summed E-state index contributed by atoms with van der Waals surface area (Å²) in [6.45, 7) is 3.82. The van der Waals surface area contributed by atoms with Gasteiger partial charge in [0.1, 0.15) is 6.61 Å². The minimum absolute atomic E-state index is 0.0664. The van der Waals surface area contributed by atoms with Gasteiger partial charge in [0.15, 0.2) is 0 Å². The second-order valence-corrected chi connectivity index (χ2v) is 5.16. The Kier molecular flexibility index (Phi) is 6.52. The average Bonchev–Trinajstić information content (AvgIpc) is 2.33. The van der Waals surface area contributed by atoms with E-state index >= 15 is 0 Å². The molecule has 0 aliphatic heterocycles. The molecule has 0 saturated heterocycles. The van der Waals surface area contributed by atoms with Crippen LogP contribution in [0, 0.1) is 5.92 Å². The summed E-state index contributed by atoms with van der Waals surface area (Å²) in [7, 11) is 1.81. The van der Waals surface area contributed by atoms with Crippen molar-refractivity contribution < 1.29 is 9.53 Å². The van der Waals surface area contributed by atoms with Gasteiger partial charge in [0, 0.05) is 13.6 Å². The highest BCUT2D eigenvalue weighted by atomic mass is 16.5. The fourth-order valence-electron chi connectivity index (χ4n) is 2.28. The number of ether oxygens (including phenoxy) is 1. The highest BCUT2D eigenvalue weighted by Crippen LogP contribution is 2.25. The molecule has 0 bridgehead atoms. The molecule has 0 heterocycles. The molecule has 17 heavy (non-hydrogen) atoms. The molecule has 0 aromatic heterocycles. The first-order valence-electron chi connectivity index (χ1n) is 6.69. The van der Waals surface area contributed by atoms with Crippen LogP contribution in [-0.2, 0) is 9.53 Å². The quantitative estimate of drug-likeness (QED) is 0.765.